The maximum absolute atomic E-state index is 11.8. The van der Waals surface area contributed by atoms with Crippen LogP contribution >= 0.6 is 11.9 Å². The van der Waals surface area contributed by atoms with Gasteiger partial charge >= 0.3 is 6.03 Å². The zero-order chi connectivity index (χ0) is 11.3. The highest BCUT2D eigenvalue weighted by Crippen LogP contribution is 2.23. The minimum atomic E-state index is 0.0237. The molecule has 1 fully saturated rings. The smallest absolute Gasteiger partial charge is 0.321 e. The third-order valence-electron chi connectivity index (χ3n) is 2.65. The molecule has 0 saturated heterocycles. The molecule has 15 heavy (non-hydrogen) atoms. The Labute approximate surface area is 97.1 Å². The van der Waals surface area contributed by atoms with Crippen molar-refractivity contribution in [3.63, 3.8) is 0 Å². The highest BCUT2D eigenvalue weighted by Gasteiger charge is 2.25. The van der Waals surface area contributed by atoms with E-state index < -0.39 is 0 Å². The van der Waals surface area contributed by atoms with Gasteiger partial charge in [0.2, 0.25) is 0 Å². The maximum Gasteiger partial charge on any atom is 0.327 e. The number of hydrogen-bond acceptors (Lipinski definition) is 2. The van der Waals surface area contributed by atoms with Gasteiger partial charge in [-0.15, -0.1) is 0 Å². The second-order valence-corrected chi connectivity index (χ2v) is 5.59. The van der Waals surface area contributed by atoms with Crippen LogP contribution in [-0.4, -0.2) is 28.8 Å². The molecule has 0 unspecified atom stereocenters. The molecule has 0 bridgehead atoms. The van der Waals surface area contributed by atoms with E-state index in [4.69, 9.17) is 0 Å². The van der Waals surface area contributed by atoms with Crippen LogP contribution < -0.4 is 4.72 Å². The Morgan fingerprint density at radius 1 is 1.53 bits per heavy atom. The molecule has 0 atom stereocenters. The molecule has 0 aromatic carbocycles. The molecular weight excluding hydrogens is 208 g/mol. The lowest BCUT2D eigenvalue weighted by atomic mass is 10.2. The van der Waals surface area contributed by atoms with Gasteiger partial charge in [0.25, 0.3) is 0 Å². The minimum Gasteiger partial charge on any atom is -0.321 e. The van der Waals surface area contributed by atoms with E-state index in [0.717, 1.165) is 12.8 Å². The molecule has 0 aromatic heterocycles. The van der Waals surface area contributed by atoms with Gasteiger partial charge in [0.1, 0.15) is 0 Å². The average Bonchev–Trinajstić information content (AvgIpc) is 2.69. The number of carbonyl (C=O) groups excluding carboxylic acids is 1. The molecule has 1 aliphatic carbocycles. The molecule has 0 aliphatic heterocycles. The van der Waals surface area contributed by atoms with E-state index in [1.54, 1.807) is 0 Å². The number of nitrogens with one attached hydrogen (secondary N) is 1. The summed E-state index contributed by atoms with van der Waals surface area (Å²) in [5.74, 6) is 0. The predicted molar refractivity (Wildman–Crippen MR) is 65.6 cm³/mol. The van der Waals surface area contributed by atoms with Crippen LogP contribution in [-0.2, 0) is 0 Å². The van der Waals surface area contributed by atoms with Gasteiger partial charge in [0, 0.05) is 17.8 Å². The fraction of sp³-hybridized carbons (Fsp3) is 0.818. The number of nitrogens with zero attached hydrogens (tertiary/aromatic N) is 1. The number of rotatable bonds is 4. The Morgan fingerprint density at radius 3 is 2.60 bits per heavy atom. The van der Waals surface area contributed by atoms with Crippen molar-refractivity contribution in [2.24, 2.45) is 0 Å². The largest absolute Gasteiger partial charge is 0.327 e. The number of hydrogen-bond donors (Lipinski definition) is 1. The van der Waals surface area contributed by atoms with Crippen LogP contribution in [0.5, 0.6) is 0 Å². The van der Waals surface area contributed by atoms with Crippen LogP contribution in [0.2, 0.25) is 0 Å². The highest BCUT2D eigenvalue weighted by molar-refractivity contribution is 7.98. The summed E-state index contributed by atoms with van der Waals surface area (Å²) in [6, 6.07) is 0.436. The fourth-order valence-corrected chi connectivity index (χ4v) is 2.35. The van der Waals surface area contributed by atoms with Crippen molar-refractivity contribution in [1.29, 1.82) is 0 Å². The first-order chi connectivity index (χ1) is 7.15. The van der Waals surface area contributed by atoms with E-state index in [9.17, 15) is 4.79 Å². The van der Waals surface area contributed by atoms with Gasteiger partial charge in [-0.05, 0) is 31.7 Å². The van der Waals surface area contributed by atoms with E-state index in [1.165, 1.54) is 24.8 Å². The predicted octanol–water partition coefficient (Wildman–Crippen LogP) is 2.83. The maximum atomic E-state index is 11.8. The third-order valence-corrected chi connectivity index (χ3v) is 3.41. The van der Waals surface area contributed by atoms with Crippen molar-refractivity contribution in [3.05, 3.63) is 6.92 Å². The summed E-state index contributed by atoms with van der Waals surface area (Å²) in [6.07, 6.45) is 4.75. The van der Waals surface area contributed by atoms with Crippen LogP contribution in [0.25, 0.3) is 0 Å². The second-order valence-electron chi connectivity index (χ2n) is 4.21. The Bertz CT molecular complexity index is 203. The van der Waals surface area contributed by atoms with Gasteiger partial charge in [0.15, 0.2) is 0 Å². The first-order valence-electron chi connectivity index (χ1n) is 5.66. The minimum absolute atomic E-state index is 0.0237. The van der Waals surface area contributed by atoms with Gasteiger partial charge in [-0.3, -0.25) is 4.72 Å². The van der Waals surface area contributed by atoms with Crippen LogP contribution in [0.4, 0.5) is 4.79 Å². The van der Waals surface area contributed by atoms with Crippen molar-refractivity contribution in [1.82, 2.24) is 9.62 Å². The van der Waals surface area contributed by atoms with Crippen molar-refractivity contribution < 1.29 is 4.79 Å². The van der Waals surface area contributed by atoms with Gasteiger partial charge < -0.3 is 4.90 Å². The molecule has 0 spiro atoms. The van der Waals surface area contributed by atoms with Gasteiger partial charge in [0.05, 0.1) is 0 Å². The Morgan fingerprint density at radius 2 is 2.13 bits per heavy atom. The lowest BCUT2D eigenvalue weighted by Gasteiger charge is -2.27. The second kappa shape index (κ2) is 6.26. The number of amides is 2. The monoisotopic (exact) mass is 229 g/mol. The molecule has 3 nitrogen and oxygen atoms in total. The number of carbonyl (C=O) groups is 1. The first-order valence-corrected chi connectivity index (χ1v) is 6.54. The Kier molecular flexibility index (Phi) is 5.29. The lowest BCUT2D eigenvalue weighted by molar-refractivity contribution is 0.189. The van der Waals surface area contributed by atoms with Crippen LogP contribution in [0.15, 0.2) is 0 Å². The average molecular weight is 229 g/mol. The molecule has 1 rings (SSSR count). The van der Waals surface area contributed by atoms with E-state index in [2.05, 4.69) is 25.5 Å². The molecule has 87 valence electrons. The SMILES string of the molecule is [CH2]CN(C(=O)NSC(C)C)C1CCCC1. The quantitative estimate of drug-likeness (QED) is 0.752. The summed E-state index contributed by atoms with van der Waals surface area (Å²) in [4.78, 5) is 13.7. The van der Waals surface area contributed by atoms with Crippen molar-refractivity contribution >= 4 is 18.0 Å². The molecule has 0 aromatic rings. The standard InChI is InChI=1S/C11H21N2OS/c1-4-13(10-7-5-6-8-10)11(14)12-15-9(2)3/h9-10H,1,4-8H2,2-3H3,(H,12,14). The van der Waals surface area contributed by atoms with Crippen LogP contribution in [0.3, 0.4) is 0 Å². The summed E-state index contributed by atoms with van der Waals surface area (Å²) in [5.41, 5.74) is 0. The fourth-order valence-electron chi connectivity index (χ4n) is 1.89. The van der Waals surface area contributed by atoms with Gasteiger partial charge in [-0.2, -0.15) is 0 Å². The van der Waals surface area contributed by atoms with Gasteiger partial charge in [-0.1, -0.05) is 26.7 Å². The first kappa shape index (κ1) is 12.7. The normalized spacial score (nSPS) is 17.1. The van der Waals surface area contributed by atoms with E-state index >= 15 is 0 Å². The third kappa shape index (κ3) is 3.93. The summed E-state index contributed by atoms with van der Waals surface area (Å²) in [7, 11) is 0. The molecule has 1 aliphatic rings. The molecule has 4 heteroatoms. The molecule has 1 N–H and O–H groups in total. The summed E-state index contributed by atoms with van der Waals surface area (Å²) >= 11 is 1.47. The highest BCUT2D eigenvalue weighted by atomic mass is 32.2. The molecule has 2 amide bonds. The summed E-state index contributed by atoms with van der Waals surface area (Å²) in [6.45, 7) is 8.53. The molecular formula is C11H21N2OS. The Hall–Kier alpha value is -0.380. The topological polar surface area (TPSA) is 32.3 Å². The lowest BCUT2D eigenvalue weighted by Crippen LogP contribution is -2.43. The zero-order valence-electron chi connectivity index (χ0n) is 9.66. The zero-order valence-corrected chi connectivity index (χ0v) is 10.5. The Balaban J connectivity index is 2.39. The molecule has 1 saturated carbocycles. The van der Waals surface area contributed by atoms with Crippen molar-refractivity contribution in [2.75, 3.05) is 6.54 Å². The van der Waals surface area contributed by atoms with E-state index in [1.807, 2.05) is 4.90 Å². The summed E-state index contributed by atoms with van der Waals surface area (Å²) in [5, 5.41) is 0.421. The van der Waals surface area contributed by atoms with Crippen LogP contribution in [0, 0.1) is 6.92 Å². The van der Waals surface area contributed by atoms with Gasteiger partial charge in [-0.25, -0.2) is 4.79 Å². The van der Waals surface area contributed by atoms with E-state index in [0.29, 0.717) is 17.8 Å². The summed E-state index contributed by atoms with van der Waals surface area (Å²) < 4.78 is 2.87. The van der Waals surface area contributed by atoms with Crippen LogP contribution in [0.1, 0.15) is 39.5 Å². The number of urea groups is 1. The molecule has 1 radical (unpaired) electrons. The van der Waals surface area contributed by atoms with Crippen molar-refractivity contribution in [2.45, 2.75) is 50.8 Å². The van der Waals surface area contributed by atoms with Crippen molar-refractivity contribution in [3.8, 4) is 0 Å². The van der Waals surface area contributed by atoms with E-state index in [-0.39, 0.29) is 6.03 Å². The molecule has 0 heterocycles.